The average Bonchev–Trinajstić information content (AvgIpc) is 2.81. The summed E-state index contributed by atoms with van der Waals surface area (Å²) in [6, 6.07) is 8.41. The first-order valence-corrected chi connectivity index (χ1v) is 8.93. The summed E-state index contributed by atoms with van der Waals surface area (Å²) in [7, 11) is 0.380. The maximum absolute atomic E-state index is 10.9. The van der Waals surface area contributed by atoms with Gasteiger partial charge in [0.1, 0.15) is 17.6 Å². The van der Waals surface area contributed by atoms with Gasteiger partial charge in [-0.1, -0.05) is 50.6 Å². The van der Waals surface area contributed by atoms with E-state index in [2.05, 4.69) is 52.0 Å². The standard InChI is InChI=1S/C17H27OS/c1-13-7-9-14(10-8-13)15(18)16(17(2,3)4)19-11-5-6-12-19/h7-10,15-16,18H,5-6,11-12H2,1-4H3/q+1. The van der Waals surface area contributed by atoms with E-state index in [0.717, 1.165) is 5.56 Å². The lowest BCUT2D eigenvalue weighted by Crippen LogP contribution is -2.40. The van der Waals surface area contributed by atoms with Gasteiger partial charge in [0.25, 0.3) is 0 Å². The van der Waals surface area contributed by atoms with Crippen LogP contribution in [0.25, 0.3) is 0 Å². The Bertz CT molecular complexity index is 398. The van der Waals surface area contributed by atoms with Gasteiger partial charge >= 0.3 is 0 Å². The fourth-order valence-electron chi connectivity index (χ4n) is 3.03. The van der Waals surface area contributed by atoms with Crippen molar-refractivity contribution in [3.8, 4) is 0 Å². The Kier molecular flexibility index (Phi) is 4.62. The number of aliphatic hydroxyl groups excluding tert-OH is 1. The second kappa shape index (κ2) is 5.88. The Morgan fingerprint density at radius 2 is 1.58 bits per heavy atom. The molecule has 1 aliphatic heterocycles. The van der Waals surface area contributed by atoms with Gasteiger partial charge in [-0.15, -0.1) is 0 Å². The molecule has 1 aliphatic rings. The molecule has 2 rings (SSSR count). The summed E-state index contributed by atoms with van der Waals surface area (Å²) in [6.45, 7) is 8.93. The molecule has 0 saturated carbocycles. The van der Waals surface area contributed by atoms with Crippen molar-refractivity contribution in [1.29, 1.82) is 0 Å². The second-order valence-corrected chi connectivity index (χ2v) is 9.19. The predicted molar refractivity (Wildman–Crippen MR) is 85.7 cm³/mol. The lowest BCUT2D eigenvalue weighted by molar-refractivity contribution is 0.130. The van der Waals surface area contributed by atoms with Crippen molar-refractivity contribution in [3.63, 3.8) is 0 Å². The van der Waals surface area contributed by atoms with Gasteiger partial charge in [0, 0.05) is 5.41 Å². The van der Waals surface area contributed by atoms with E-state index in [4.69, 9.17) is 0 Å². The van der Waals surface area contributed by atoms with E-state index in [1.165, 1.54) is 29.9 Å². The highest BCUT2D eigenvalue weighted by Crippen LogP contribution is 2.39. The zero-order valence-electron chi connectivity index (χ0n) is 12.6. The quantitative estimate of drug-likeness (QED) is 0.833. The summed E-state index contributed by atoms with van der Waals surface area (Å²) >= 11 is 0. The van der Waals surface area contributed by atoms with Gasteiger partial charge in [-0.05, 0) is 36.2 Å². The maximum atomic E-state index is 10.9. The van der Waals surface area contributed by atoms with E-state index in [0.29, 0.717) is 16.1 Å². The van der Waals surface area contributed by atoms with Gasteiger partial charge in [0.05, 0.1) is 0 Å². The number of aryl methyl sites for hydroxylation is 1. The smallest absolute Gasteiger partial charge is 0.152 e. The highest BCUT2D eigenvalue weighted by atomic mass is 32.2. The summed E-state index contributed by atoms with van der Waals surface area (Å²) in [5.41, 5.74) is 2.51. The first-order chi connectivity index (χ1) is 8.89. The maximum Gasteiger partial charge on any atom is 0.152 e. The summed E-state index contributed by atoms with van der Waals surface area (Å²) in [6.07, 6.45) is 2.37. The van der Waals surface area contributed by atoms with Crippen LogP contribution in [0.4, 0.5) is 0 Å². The molecule has 0 aliphatic carbocycles. The molecule has 1 N–H and O–H groups in total. The average molecular weight is 279 g/mol. The van der Waals surface area contributed by atoms with Crippen molar-refractivity contribution >= 4 is 10.9 Å². The van der Waals surface area contributed by atoms with Crippen LogP contribution in [0.3, 0.4) is 0 Å². The van der Waals surface area contributed by atoms with Gasteiger partial charge in [-0.3, -0.25) is 0 Å². The number of benzene rings is 1. The Hall–Kier alpha value is -0.470. The minimum Gasteiger partial charge on any atom is -0.383 e. The molecule has 1 nitrogen and oxygen atoms in total. The van der Waals surface area contributed by atoms with Gasteiger partial charge in [0.15, 0.2) is 5.25 Å². The van der Waals surface area contributed by atoms with Crippen molar-refractivity contribution in [3.05, 3.63) is 35.4 Å². The first kappa shape index (κ1) is 14.9. The van der Waals surface area contributed by atoms with Crippen molar-refractivity contribution in [2.45, 2.75) is 51.9 Å². The van der Waals surface area contributed by atoms with E-state index >= 15 is 0 Å². The van der Waals surface area contributed by atoms with Crippen molar-refractivity contribution < 1.29 is 5.11 Å². The Labute approximate surface area is 120 Å². The van der Waals surface area contributed by atoms with Crippen molar-refractivity contribution in [2.75, 3.05) is 11.5 Å². The van der Waals surface area contributed by atoms with Crippen LogP contribution >= 0.6 is 0 Å². The Balaban J connectivity index is 2.24. The Morgan fingerprint density at radius 3 is 2.05 bits per heavy atom. The molecule has 1 heterocycles. The normalized spacial score (nSPS) is 20.5. The van der Waals surface area contributed by atoms with Crippen LogP contribution in [-0.4, -0.2) is 21.9 Å². The largest absolute Gasteiger partial charge is 0.383 e. The molecular weight excluding hydrogens is 252 g/mol. The fraction of sp³-hybridized carbons (Fsp3) is 0.647. The molecule has 0 spiro atoms. The fourth-order valence-corrected chi connectivity index (χ4v) is 6.41. The minimum atomic E-state index is -0.318. The van der Waals surface area contributed by atoms with Crippen molar-refractivity contribution in [2.24, 2.45) is 5.41 Å². The van der Waals surface area contributed by atoms with Crippen molar-refractivity contribution in [1.82, 2.24) is 0 Å². The van der Waals surface area contributed by atoms with Crippen LogP contribution in [0.15, 0.2) is 24.3 Å². The predicted octanol–water partition coefficient (Wildman–Crippen LogP) is 3.86. The third kappa shape index (κ3) is 3.55. The van der Waals surface area contributed by atoms with Crippen LogP contribution in [0.1, 0.15) is 50.8 Å². The topological polar surface area (TPSA) is 20.2 Å². The van der Waals surface area contributed by atoms with E-state index in [9.17, 15) is 5.11 Å². The van der Waals surface area contributed by atoms with Gasteiger partial charge < -0.3 is 5.11 Å². The highest BCUT2D eigenvalue weighted by molar-refractivity contribution is 7.97. The monoisotopic (exact) mass is 279 g/mol. The van der Waals surface area contributed by atoms with Crippen LogP contribution in [0.5, 0.6) is 0 Å². The van der Waals surface area contributed by atoms with Crippen LogP contribution < -0.4 is 0 Å². The molecule has 2 heteroatoms. The number of rotatable bonds is 3. The lowest BCUT2D eigenvalue weighted by atomic mass is 9.86. The zero-order chi connectivity index (χ0) is 14.0. The van der Waals surface area contributed by atoms with E-state index in [1.54, 1.807) is 0 Å². The molecule has 2 unspecified atom stereocenters. The molecule has 1 aromatic carbocycles. The lowest BCUT2D eigenvalue weighted by Gasteiger charge is -2.32. The SMILES string of the molecule is Cc1ccc(C(O)C([S+]2CCCC2)C(C)(C)C)cc1. The summed E-state index contributed by atoms with van der Waals surface area (Å²) in [5, 5.41) is 11.3. The highest BCUT2D eigenvalue weighted by Gasteiger charge is 2.46. The molecule has 0 bridgehead atoms. The van der Waals surface area contributed by atoms with Gasteiger partial charge in [-0.25, -0.2) is 0 Å². The molecule has 0 radical (unpaired) electrons. The van der Waals surface area contributed by atoms with Gasteiger partial charge in [0.2, 0.25) is 0 Å². The number of aliphatic hydroxyl groups is 1. The first-order valence-electron chi connectivity index (χ1n) is 7.30. The summed E-state index contributed by atoms with van der Waals surface area (Å²) in [4.78, 5) is 0. The van der Waals surface area contributed by atoms with E-state index < -0.39 is 0 Å². The minimum absolute atomic E-state index is 0.164. The molecule has 1 aromatic rings. The van der Waals surface area contributed by atoms with E-state index in [1.807, 2.05) is 0 Å². The molecule has 1 fully saturated rings. The van der Waals surface area contributed by atoms with Gasteiger partial charge in [-0.2, -0.15) is 0 Å². The zero-order valence-corrected chi connectivity index (χ0v) is 13.5. The van der Waals surface area contributed by atoms with E-state index in [-0.39, 0.29) is 11.5 Å². The third-order valence-electron chi connectivity index (χ3n) is 3.98. The Morgan fingerprint density at radius 1 is 1.05 bits per heavy atom. The molecule has 19 heavy (non-hydrogen) atoms. The summed E-state index contributed by atoms with van der Waals surface area (Å²) < 4.78 is 0. The van der Waals surface area contributed by atoms with Crippen LogP contribution in [0.2, 0.25) is 0 Å². The van der Waals surface area contributed by atoms with Crippen LogP contribution in [-0.2, 0) is 10.9 Å². The molecular formula is C17H27OS+. The van der Waals surface area contributed by atoms with Crippen LogP contribution in [0, 0.1) is 12.3 Å². The number of hydrogen-bond donors (Lipinski definition) is 1. The molecule has 1 saturated heterocycles. The third-order valence-corrected chi connectivity index (χ3v) is 7.29. The molecule has 0 amide bonds. The molecule has 0 aromatic heterocycles. The number of hydrogen-bond acceptors (Lipinski definition) is 1. The second-order valence-electron chi connectivity index (χ2n) is 6.79. The summed E-state index contributed by atoms with van der Waals surface area (Å²) in [5.74, 6) is 2.62. The molecule has 106 valence electrons. The molecule has 2 atom stereocenters.